The van der Waals surface area contributed by atoms with Gasteiger partial charge in [0.25, 0.3) is 0 Å². The van der Waals surface area contributed by atoms with Crippen molar-refractivity contribution in [2.45, 2.75) is 12.5 Å². The molecule has 0 unspecified atom stereocenters. The number of halogens is 3. The molecule has 1 fully saturated rings. The standard InChI is InChI=1S/C4H2BF3/c6-4(7,8)3-2-1-5(2)3/h1H2. The minimum atomic E-state index is -3.99. The van der Waals surface area contributed by atoms with Gasteiger partial charge in [0.2, 0.25) is 6.71 Å². The van der Waals surface area contributed by atoms with E-state index < -0.39 is 6.18 Å². The molecule has 0 radical (unpaired) electrons. The summed E-state index contributed by atoms with van der Waals surface area (Å²) in [5.41, 5.74) is 0.412. The summed E-state index contributed by atoms with van der Waals surface area (Å²) in [6.45, 7) is -0.116. The first-order valence-corrected chi connectivity index (χ1v) is 2.41. The van der Waals surface area contributed by atoms with Crippen LogP contribution in [0, 0.1) is 0 Å². The van der Waals surface area contributed by atoms with E-state index in [1.807, 2.05) is 0 Å². The Balaban J connectivity index is 2.20. The molecule has 0 aromatic rings. The Morgan fingerprint density at radius 1 is 1.38 bits per heavy atom. The minimum Gasteiger partial charge on any atom is -0.167 e. The van der Waals surface area contributed by atoms with E-state index >= 15 is 0 Å². The second kappa shape index (κ2) is 0.849. The van der Waals surface area contributed by atoms with Crippen molar-refractivity contribution < 1.29 is 13.2 Å². The molecule has 0 amide bonds. The maximum absolute atomic E-state index is 11.5. The van der Waals surface area contributed by atoms with Gasteiger partial charge in [-0.3, -0.25) is 0 Å². The predicted octanol–water partition coefficient (Wildman–Crippen LogP) is 1.45. The molecule has 2 aliphatic heterocycles. The lowest BCUT2D eigenvalue weighted by atomic mass is 9.77. The molecule has 0 aromatic heterocycles. The molecule has 0 bridgehead atoms. The molecule has 0 aromatic carbocycles. The van der Waals surface area contributed by atoms with Crippen LogP contribution in [0.5, 0.6) is 0 Å². The summed E-state index contributed by atoms with van der Waals surface area (Å²) in [7, 11) is 0. The molecule has 1 saturated heterocycles. The summed E-state index contributed by atoms with van der Waals surface area (Å²) in [6.07, 6.45) is -3.27. The van der Waals surface area contributed by atoms with Gasteiger partial charge in [0, 0.05) is 0 Å². The van der Waals surface area contributed by atoms with Crippen LogP contribution in [0.4, 0.5) is 13.2 Å². The van der Waals surface area contributed by atoms with E-state index in [4.69, 9.17) is 0 Å². The first-order chi connectivity index (χ1) is 3.61. The zero-order chi connectivity index (χ0) is 5.94. The van der Waals surface area contributed by atoms with Crippen LogP contribution in [0.2, 0.25) is 6.32 Å². The Bertz CT molecular complexity index is 178. The number of fused-ring (bicyclic) bond motifs is 1. The number of rotatable bonds is 0. The molecule has 0 N–H and O–H groups in total. The minimum absolute atomic E-state index is 0.116. The fraction of sp³-hybridized carbons (Fsp3) is 0.500. The zero-order valence-electron chi connectivity index (χ0n) is 3.92. The molecule has 0 spiro atoms. The molecule has 2 rings (SSSR count). The van der Waals surface area contributed by atoms with E-state index in [-0.39, 0.29) is 12.2 Å². The SMILES string of the molecule is FC(F)(F)C1=C2CB21. The summed E-state index contributed by atoms with van der Waals surface area (Å²) in [4.78, 5) is 0. The van der Waals surface area contributed by atoms with Crippen LogP contribution in [-0.4, -0.2) is 12.9 Å². The van der Waals surface area contributed by atoms with Crippen molar-refractivity contribution in [3.05, 3.63) is 10.9 Å². The molecule has 4 heteroatoms. The van der Waals surface area contributed by atoms with Gasteiger partial charge in [-0.15, -0.1) is 5.47 Å². The van der Waals surface area contributed by atoms with Crippen LogP contribution < -0.4 is 0 Å². The van der Waals surface area contributed by atoms with Crippen molar-refractivity contribution >= 4 is 6.71 Å². The van der Waals surface area contributed by atoms with Crippen molar-refractivity contribution in [2.24, 2.45) is 0 Å². The average Bonchev–Trinajstić information content (AvgIpc) is 1.94. The van der Waals surface area contributed by atoms with Gasteiger partial charge in [-0.05, 0) is 5.47 Å². The maximum atomic E-state index is 11.5. The highest BCUT2D eigenvalue weighted by molar-refractivity contribution is 6.99. The van der Waals surface area contributed by atoms with E-state index in [2.05, 4.69) is 0 Å². The van der Waals surface area contributed by atoms with Gasteiger partial charge in [0.1, 0.15) is 0 Å². The average molecular weight is 118 g/mol. The van der Waals surface area contributed by atoms with Crippen molar-refractivity contribution in [1.29, 1.82) is 0 Å². The van der Waals surface area contributed by atoms with Crippen LogP contribution in [0.3, 0.4) is 0 Å². The van der Waals surface area contributed by atoms with Gasteiger partial charge in [-0.25, -0.2) is 0 Å². The molecule has 0 aliphatic carbocycles. The highest BCUT2D eigenvalue weighted by Crippen LogP contribution is 2.59. The Hall–Kier alpha value is -0.405. The van der Waals surface area contributed by atoms with Crippen LogP contribution in [0.15, 0.2) is 10.9 Å². The third kappa shape index (κ3) is 0.382. The largest absolute Gasteiger partial charge is 0.404 e. The van der Waals surface area contributed by atoms with E-state index in [9.17, 15) is 13.2 Å². The second-order valence-electron chi connectivity index (χ2n) is 2.19. The van der Waals surface area contributed by atoms with Crippen molar-refractivity contribution in [3.8, 4) is 0 Å². The number of allylic oxidation sites excluding steroid dienone is 2. The zero-order valence-corrected chi connectivity index (χ0v) is 3.92. The quantitative estimate of drug-likeness (QED) is 0.422. The maximum Gasteiger partial charge on any atom is 0.404 e. The van der Waals surface area contributed by atoms with E-state index in [0.717, 1.165) is 6.32 Å². The monoisotopic (exact) mass is 118 g/mol. The molecule has 0 nitrogen and oxygen atoms in total. The van der Waals surface area contributed by atoms with E-state index in [1.165, 1.54) is 0 Å². The molecule has 42 valence electrons. The summed E-state index contributed by atoms with van der Waals surface area (Å²) in [5, 5.41) is 0. The fourth-order valence-corrected chi connectivity index (χ4v) is 0.942. The summed E-state index contributed by atoms with van der Waals surface area (Å²) < 4.78 is 34.4. The summed E-state index contributed by atoms with van der Waals surface area (Å²) >= 11 is 0. The van der Waals surface area contributed by atoms with Crippen LogP contribution >= 0.6 is 0 Å². The van der Waals surface area contributed by atoms with Crippen molar-refractivity contribution in [2.75, 3.05) is 0 Å². The lowest BCUT2D eigenvalue weighted by molar-refractivity contribution is -0.0836. The first-order valence-electron chi connectivity index (χ1n) is 2.41. The van der Waals surface area contributed by atoms with Crippen LogP contribution in [0.25, 0.3) is 0 Å². The molecule has 0 atom stereocenters. The Morgan fingerprint density at radius 2 is 1.88 bits per heavy atom. The van der Waals surface area contributed by atoms with Gasteiger partial charge >= 0.3 is 6.18 Å². The molecule has 0 saturated carbocycles. The highest BCUT2D eigenvalue weighted by atomic mass is 19.4. The first kappa shape index (κ1) is 4.47. The number of hydrogen-bond acceptors (Lipinski definition) is 0. The normalized spacial score (nSPS) is 23.6. The summed E-state index contributed by atoms with van der Waals surface area (Å²) in [6, 6.07) is 0. The number of hydrogen-bond donors (Lipinski definition) is 0. The predicted molar refractivity (Wildman–Crippen MR) is 23.6 cm³/mol. The van der Waals surface area contributed by atoms with Crippen LogP contribution in [-0.2, 0) is 0 Å². The Labute approximate surface area is 44.5 Å². The van der Waals surface area contributed by atoms with E-state index in [1.54, 1.807) is 0 Å². The third-order valence-electron chi connectivity index (χ3n) is 1.60. The highest BCUT2D eigenvalue weighted by Gasteiger charge is 2.64. The van der Waals surface area contributed by atoms with Crippen molar-refractivity contribution in [3.63, 3.8) is 0 Å². The smallest absolute Gasteiger partial charge is 0.167 e. The van der Waals surface area contributed by atoms with E-state index in [0.29, 0.717) is 5.47 Å². The third-order valence-corrected chi connectivity index (χ3v) is 1.60. The van der Waals surface area contributed by atoms with Gasteiger partial charge in [0.15, 0.2) is 0 Å². The second-order valence-corrected chi connectivity index (χ2v) is 2.19. The molecular formula is C4H2BF3. The van der Waals surface area contributed by atoms with Crippen molar-refractivity contribution in [1.82, 2.24) is 0 Å². The molecular weight excluding hydrogens is 116 g/mol. The molecule has 2 heterocycles. The molecule has 8 heavy (non-hydrogen) atoms. The van der Waals surface area contributed by atoms with Crippen LogP contribution in [0.1, 0.15) is 0 Å². The van der Waals surface area contributed by atoms with Gasteiger partial charge in [0.05, 0.1) is 0 Å². The Morgan fingerprint density at radius 3 is 1.88 bits per heavy atom. The molecule has 2 aliphatic rings. The number of alkyl halides is 3. The van der Waals surface area contributed by atoms with Gasteiger partial charge < -0.3 is 0 Å². The fourth-order valence-electron chi connectivity index (χ4n) is 0.942. The van der Waals surface area contributed by atoms with Gasteiger partial charge in [-0.1, -0.05) is 6.32 Å². The lowest BCUT2D eigenvalue weighted by Gasteiger charge is -2.01. The Kier molecular flexibility index (Phi) is 0.474. The van der Waals surface area contributed by atoms with Gasteiger partial charge in [-0.2, -0.15) is 13.2 Å². The topological polar surface area (TPSA) is 0 Å². The lowest BCUT2D eigenvalue weighted by Crippen LogP contribution is -2.10. The summed E-state index contributed by atoms with van der Waals surface area (Å²) in [5.74, 6) is 0.